The molecule has 112 valence electrons. The monoisotopic (exact) mass is 283 g/mol. The van der Waals surface area contributed by atoms with E-state index in [-0.39, 0.29) is 12.0 Å². The molecule has 0 aromatic carbocycles. The van der Waals surface area contributed by atoms with E-state index in [4.69, 9.17) is 19.9 Å². The van der Waals surface area contributed by atoms with Gasteiger partial charge in [-0.15, -0.1) is 0 Å². The predicted octanol–water partition coefficient (Wildman–Crippen LogP) is 0.0958. The highest BCUT2D eigenvalue weighted by Crippen LogP contribution is 2.18. The second-order valence-electron chi connectivity index (χ2n) is 4.42. The molecule has 20 heavy (non-hydrogen) atoms. The van der Waals surface area contributed by atoms with E-state index in [1.807, 2.05) is 0 Å². The van der Waals surface area contributed by atoms with Crippen molar-refractivity contribution >= 4 is 11.9 Å². The standard InChI is InChI=1S/C12H21N5O3/c1-18-6-7-19-8-9-20-12-15-10(13)14-11(16-12)17-4-2-3-5-17/h2-9H2,1H3,(H2,13,14,15,16). The number of ether oxygens (including phenoxy) is 3. The fraction of sp³-hybridized carbons (Fsp3) is 0.750. The Morgan fingerprint density at radius 1 is 1.05 bits per heavy atom. The molecule has 2 N–H and O–H groups in total. The third-order valence-electron chi connectivity index (χ3n) is 2.90. The molecule has 0 aliphatic carbocycles. The van der Waals surface area contributed by atoms with Crippen LogP contribution in [0.1, 0.15) is 12.8 Å². The summed E-state index contributed by atoms with van der Waals surface area (Å²) in [6, 6.07) is 0.245. The zero-order valence-electron chi connectivity index (χ0n) is 11.7. The molecule has 0 amide bonds. The first-order chi connectivity index (χ1) is 9.79. The molecule has 0 unspecified atom stereocenters. The molecular weight excluding hydrogens is 262 g/mol. The fourth-order valence-electron chi connectivity index (χ4n) is 1.92. The number of hydrogen-bond acceptors (Lipinski definition) is 8. The fourth-order valence-corrected chi connectivity index (χ4v) is 1.92. The summed E-state index contributed by atoms with van der Waals surface area (Å²) in [6.07, 6.45) is 2.30. The maximum absolute atomic E-state index is 5.68. The van der Waals surface area contributed by atoms with E-state index >= 15 is 0 Å². The molecule has 2 heterocycles. The molecule has 0 spiro atoms. The molecule has 1 aromatic heterocycles. The Bertz CT molecular complexity index is 412. The van der Waals surface area contributed by atoms with Gasteiger partial charge in [0.15, 0.2) is 0 Å². The van der Waals surface area contributed by atoms with Gasteiger partial charge in [0, 0.05) is 20.2 Å². The van der Waals surface area contributed by atoms with Crippen LogP contribution >= 0.6 is 0 Å². The Morgan fingerprint density at radius 2 is 1.80 bits per heavy atom. The number of nitrogen functional groups attached to an aromatic ring is 1. The van der Waals surface area contributed by atoms with E-state index in [9.17, 15) is 0 Å². The van der Waals surface area contributed by atoms with E-state index in [1.165, 1.54) is 0 Å². The van der Waals surface area contributed by atoms with E-state index in [0.717, 1.165) is 25.9 Å². The number of nitrogens with zero attached hydrogens (tertiary/aromatic N) is 4. The molecule has 1 saturated heterocycles. The molecule has 1 aliphatic heterocycles. The van der Waals surface area contributed by atoms with E-state index in [0.29, 0.717) is 32.4 Å². The molecule has 0 bridgehead atoms. The normalized spacial score (nSPS) is 14.8. The number of anilines is 2. The number of aromatic nitrogens is 3. The van der Waals surface area contributed by atoms with Crippen LogP contribution in [0.25, 0.3) is 0 Å². The Balaban J connectivity index is 1.81. The molecule has 0 radical (unpaired) electrons. The van der Waals surface area contributed by atoms with Crippen LogP contribution in [-0.2, 0) is 9.47 Å². The number of hydrogen-bond donors (Lipinski definition) is 1. The molecule has 8 heteroatoms. The maximum Gasteiger partial charge on any atom is 0.323 e. The Morgan fingerprint density at radius 3 is 2.55 bits per heavy atom. The minimum absolute atomic E-state index is 0.178. The first kappa shape index (κ1) is 14.7. The second-order valence-corrected chi connectivity index (χ2v) is 4.42. The molecule has 1 aromatic rings. The van der Waals surface area contributed by atoms with Crippen molar-refractivity contribution in [2.24, 2.45) is 0 Å². The average molecular weight is 283 g/mol. The molecule has 0 saturated carbocycles. The quantitative estimate of drug-likeness (QED) is 0.671. The van der Waals surface area contributed by atoms with E-state index in [1.54, 1.807) is 7.11 Å². The zero-order valence-corrected chi connectivity index (χ0v) is 11.7. The largest absolute Gasteiger partial charge is 0.461 e. The number of rotatable bonds is 8. The van der Waals surface area contributed by atoms with Crippen LogP contribution < -0.4 is 15.4 Å². The smallest absolute Gasteiger partial charge is 0.323 e. The van der Waals surface area contributed by atoms with Crippen molar-refractivity contribution in [3.05, 3.63) is 0 Å². The van der Waals surface area contributed by atoms with Crippen molar-refractivity contribution < 1.29 is 14.2 Å². The molecule has 0 atom stereocenters. The lowest BCUT2D eigenvalue weighted by molar-refractivity contribution is 0.0528. The number of methoxy groups -OCH3 is 1. The highest BCUT2D eigenvalue weighted by Gasteiger charge is 2.17. The van der Waals surface area contributed by atoms with Gasteiger partial charge in [-0.1, -0.05) is 0 Å². The minimum atomic E-state index is 0.178. The van der Waals surface area contributed by atoms with E-state index < -0.39 is 0 Å². The molecule has 8 nitrogen and oxygen atoms in total. The van der Waals surface area contributed by atoms with Crippen molar-refractivity contribution in [2.75, 3.05) is 57.3 Å². The van der Waals surface area contributed by atoms with Crippen molar-refractivity contribution in [3.8, 4) is 6.01 Å². The highest BCUT2D eigenvalue weighted by molar-refractivity contribution is 5.36. The lowest BCUT2D eigenvalue weighted by Crippen LogP contribution is -2.22. The van der Waals surface area contributed by atoms with Crippen molar-refractivity contribution in [2.45, 2.75) is 12.8 Å². The van der Waals surface area contributed by atoms with Crippen molar-refractivity contribution in [3.63, 3.8) is 0 Å². The van der Waals surface area contributed by atoms with Crippen molar-refractivity contribution in [1.29, 1.82) is 0 Å². The van der Waals surface area contributed by atoms with Crippen LogP contribution in [0.5, 0.6) is 6.01 Å². The van der Waals surface area contributed by atoms with Gasteiger partial charge in [0.2, 0.25) is 11.9 Å². The minimum Gasteiger partial charge on any atom is -0.461 e. The van der Waals surface area contributed by atoms with Crippen LogP contribution in [0.2, 0.25) is 0 Å². The van der Waals surface area contributed by atoms with Gasteiger partial charge in [-0.2, -0.15) is 15.0 Å². The van der Waals surface area contributed by atoms with Crippen molar-refractivity contribution in [1.82, 2.24) is 15.0 Å². The van der Waals surface area contributed by atoms with Crippen LogP contribution in [0.15, 0.2) is 0 Å². The lowest BCUT2D eigenvalue weighted by atomic mass is 10.4. The summed E-state index contributed by atoms with van der Waals surface area (Å²) >= 11 is 0. The summed E-state index contributed by atoms with van der Waals surface area (Å²) in [4.78, 5) is 14.5. The maximum atomic E-state index is 5.68. The van der Waals surface area contributed by atoms with Gasteiger partial charge in [-0.25, -0.2) is 0 Å². The summed E-state index contributed by atoms with van der Waals surface area (Å²) in [5.41, 5.74) is 5.68. The van der Waals surface area contributed by atoms with Gasteiger partial charge >= 0.3 is 6.01 Å². The predicted molar refractivity (Wildman–Crippen MR) is 73.9 cm³/mol. The van der Waals surface area contributed by atoms with Crippen LogP contribution in [-0.4, -0.2) is 61.6 Å². The topological polar surface area (TPSA) is 95.6 Å². The first-order valence-electron chi connectivity index (χ1n) is 6.75. The molecular formula is C12H21N5O3. The Kier molecular flexibility index (Phi) is 5.75. The number of nitrogens with two attached hydrogens (primary N) is 1. The third-order valence-corrected chi connectivity index (χ3v) is 2.90. The average Bonchev–Trinajstić information content (AvgIpc) is 2.96. The van der Waals surface area contributed by atoms with Gasteiger partial charge in [-0.3, -0.25) is 0 Å². The van der Waals surface area contributed by atoms with Gasteiger partial charge < -0.3 is 24.8 Å². The highest BCUT2D eigenvalue weighted by atomic mass is 16.5. The van der Waals surface area contributed by atoms with Gasteiger partial charge in [0.1, 0.15) is 6.61 Å². The Hall–Kier alpha value is -1.67. The summed E-state index contributed by atoms with van der Waals surface area (Å²) < 4.78 is 15.6. The van der Waals surface area contributed by atoms with Crippen LogP contribution in [0.3, 0.4) is 0 Å². The van der Waals surface area contributed by atoms with Gasteiger partial charge in [-0.05, 0) is 12.8 Å². The summed E-state index contributed by atoms with van der Waals surface area (Å²) in [6.45, 7) is 3.82. The zero-order chi connectivity index (χ0) is 14.2. The van der Waals surface area contributed by atoms with E-state index in [2.05, 4.69) is 19.9 Å². The van der Waals surface area contributed by atoms with Crippen LogP contribution in [0.4, 0.5) is 11.9 Å². The summed E-state index contributed by atoms with van der Waals surface area (Å²) in [5.74, 6) is 0.766. The molecule has 1 aliphatic rings. The van der Waals surface area contributed by atoms with Gasteiger partial charge in [0.05, 0.1) is 19.8 Å². The van der Waals surface area contributed by atoms with Crippen LogP contribution in [0, 0.1) is 0 Å². The third kappa shape index (κ3) is 4.46. The molecule has 1 fully saturated rings. The SMILES string of the molecule is COCCOCCOc1nc(N)nc(N2CCCC2)n1. The first-order valence-corrected chi connectivity index (χ1v) is 6.75. The Labute approximate surface area is 118 Å². The lowest BCUT2D eigenvalue weighted by Gasteiger charge is -2.15. The molecule has 2 rings (SSSR count). The van der Waals surface area contributed by atoms with Gasteiger partial charge in [0.25, 0.3) is 0 Å². The summed E-state index contributed by atoms with van der Waals surface area (Å²) in [7, 11) is 1.63. The summed E-state index contributed by atoms with van der Waals surface area (Å²) in [5, 5.41) is 0. The second kappa shape index (κ2) is 7.81.